The van der Waals surface area contributed by atoms with E-state index in [1.807, 2.05) is 6.07 Å². The summed E-state index contributed by atoms with van der Waals surface area (Å²) in [6.45, 7) is 18.2. The van der Waals surface area contributed by atoms with Crippen LogP contribution in [0, 0.1) is 23.1 Å². The second kappa shape index (κ2) is 19.6. The topological polar surface area (TPSA) is 192 Å². The third-order valence-corrected chi connectivity index (χ3v) is 15.5. The van der Waals surface area contributed by atoms with Crippen LogP contribution in [0.3, 0.4) is 0 Å². The highest BCUT2D eigenvalue weighted by Crippen LogP contribution is 2.42. The number of anilines is 3. The number of hydrogen-bond acceptors (Lipinski definition) is 13. The molecule has 6 heterocycles. The molecule has 0 unspecified atom stereocenters. The molecule has 3 aromatic heterocycles. The van der Waals surface area contributed by atoms with Crippen LogP contribution in [0.1, 0.15) is 102 Å². The number of hydrogen-bond donors (Lipinski definition) is 4. The minimum atomic E-state index is -3.71. The lowest BCUT2D eigenvalue weighted by atomic mass is 9.73. The van der Waals surface area contributed by atoms with E-state index in [0.717, 1.165) is 69.1 Å². The van der Waals surface area contributed by atoms with Crippen molar-refractivity contribution in [1.82, 2.24) is 35.5 Å². The minimum Gasteiger partial charge on any atom is -0.370 e. The SMILES string of the molecule is CCCS(=O)(=O)Nc1cccc(-c2nc(C(C)(C)C)sc2-c2ccnc(NCC(C)(C)C3CCN(CC4CCN(c5ccc(C(=O)N[C@H]6CCC(=O)NC6=O)nc5)CC4)CC3)n2)c1F. The maximum atomic E-state index is 16.1. The minimum absolute atomic E-state index is 0.0320. The number of halogens is 1. The highest BCUT2D eigenvalue weighted by molar-refractivity contribution is 7.92. The molecule has 0 aliphatic carbocycles. The van der Waals surface area contributed by atoms with Gasteiger partial charge in [-0.1, -0.05) is 47.6 Å². The highest BCUT2D eigenvalue weighted by Gasteiger charge is 2.34. The molecule has 64 heavy (non-hydrogen) atoms. The summed E-state index contributed by atoms with van der Waals surface area (Å²) < 4.78 is 43.6. The number of nitrogens with one attached hydrogen (secondary N) is 4. The maximum absolute atomic E-state index is 16.1. The summed E-state index contributed by atoms with van der Waals surface area (Å²) in [6.07, 6.45) is 8.66. The lowest BCUT2D eigenvalue weighted by Gasteiger charge is -2.42. The standard InChI is InChI=1S/C46H61FN10O5S2/c1-7-25-64(61,62)55-33-10-8-9-32(38(33)47)39-40(63-43(54-39)45(2,3)4)34-15-20-48-44(52-34)50-28-46(5,6)30-18-21-56(22-19-30)27-29-16-23-57(24-17-29)31-11-12-35(49-26-31)41(59)51-36-13-14-37(58)53-42(36)60/h8-12,15,20,26,29-30,36,55H,7,13-14,16-19,21-25,27-28H2,1-6H3,(H,51,59)(H,48,50,52)(H,53,58,60)/t36-/m0/s1. The van der Waals surface area contributed by atoms with Crippen molar-refractivity contribution in [3.63, 3.8) is 0 Å². The average Bonchev–Trinajstić information content (AvgIpc) is 3.72. The molecule has 1 atom stereocenters. The summed E-state index contributed by atoms with van der Waals surface area (Å²) in [4.78, 5) is 60.6. The van der Waals surface area contributed by atoms with Gasteiger partial charge >= 0.3 is 0 Å². The Labute approximate surface area is 379 Å². The van der Waals surface area contributed by atoms with Gasteiger partial charge in [0.15, 0.2) is 5.82 Å². The number of aromatic nitrogens is 4. The number of piperidine rings is 3. The van der Waals surface area contributed by atoms with Gasteiger partial charge in [0, 0.05) is 49.8 Å². The molecule has 1 aromatic carbocycles. The molecule has 344 valence electrons. The van der Waals surface area contributed by atoms with Crippen LogP contribution in [0.4, 0.5) is 21.7 Å². The second-order valence-corrected chi connectivity index (χ2v) is 21.9. The van der Waals surface area contributed by atoms with Crippen molar-refractivity contribution in [3.05, 3.63) is 65.3 Å². The Morgan fingerprint density at radius 3 is 2.38 bits per heavy atom. The van der Waals surface area contributed by atoms with E-state index < -0.39 is 33.7 Å². The van der Waals surface area contributed by atoms with E-state index in [-0.39, 0.29) is 52.3 Å². The van der Waals surface area contributed by atoms with Gasteiger partial charge in [0.25, 0.3) is 5.91 Å². The number of benzene rings is 1. The van der Waals surface area contributed by atoms with Crippen LogP contribution in [-0.2, 0) is 25.0 Å². The molecule has 4 aromatic rings. The van der Waals surface area contributed by atoms with Gasteiger partial charge in [-0.25, -0.2) is 32.7 Å². The van der Waals surface area contributed by atoms with Crippen LogP contribution < -0.4 is 25.6 Å². The third kappa shape index (κ3) is 11.4. The Kier molecular flexibility index (Phi) is 14.3. The van der Waals surface area contributed by atoms with Crippen molar-refractivity contribution in [2.24, 2.45) is 17.3 Å². The van der Waals surface area contributed by atoms with Gasteiger partial charge in [-0.3, -0.25) is 24.4 Å². The Hall–Kier alpha value is -5.07. The molecule has 3 saturated heterocycles. The monoisotopic (exact) mass is 916 g/mol. The lowest BCUT2D eigenvalue weighted by Crippen LogP contribution is -2.52. The smallest absolute Gasteiger partial charge is 0.270 e. The van der Waals surface area contributed by atoms with E-state index in [1.54, 1.807) is 43.6 Å². The first-order chi connectivity index (χ1) is 30.4. The number of amides is 3. The van der Waals surface area contributed by atoms with E-state index >= 15 is 4.39 Å². The van der Waals surface area contributed by atoms with E-state index in [9.17, 15) is 22.8 Å². The predicted molar refractivity (Wildman–Crippen MR) is 249 cm³/mol. The van der Waals surface area contributed by atoms with Crippen LogP contribution in [0.2, 0.25) is 0 Å². The molecule has 4 N–H and O–H groups in total. The zero-order chi connectivity index (χ0) is 45.8. The summed E-state index contributed by atoms with van der Waals surface area (Å²) in [5.74, 6) is -0.440. The average molecular weight is 917 g/mol. The van der Waals surface area contributed by atoms with Crippen LogP contribution in [-0.4, -0.2) is 102 Å². The normalized spacial score (nSPS) is 18.5. The van der Waals surface area contributed by atoms with Gasteiger partial charge in [-0.2, -0.15) is 0 Å². The molecule has 3 fully saturated rings. The summed E-state index contributed by atoms with van der Waals surface area (Å²) in [6, 6.07) is 9.34. The molecule has 7 rings (SSSR count). The molecule has 0 saturated carbocycles. The van der Waals surface area contributed by atoms with Gasteiger partial charge in [0.2, 0.25) is 27.8 Å². The van der Waals surface area contributed by atoms with Crippen LogP contribution in [0.15, 0.2) is 48.8 Å². The molecule has 18 heteroatoms. The summed E-state index contributed by atoms with van der Waals surface area (Å²) in [5.41, 5.74) is 1.96. The number of carbonyl (C=O) groups is 3. The van der Waals surface area contributed by atoms with Crippen LogP contribution in [0.5, 0.6) is 0 Å². The Morgan fingerprint density at radius 1 is 0.953 bits per heavy atom. The number of imide groups is 1. The van der Waals surface area contributed by atoms with E-state index in [4.69, 9.17) is 9.97 Å². The van der Waals surface area contributed by atoms with Crippen molar-refractivity contribution < 1.29 is 27.2 Å². The second-order valence-electron chi connectivity index (χ2n) is 19.0. The third-order valence-electron chi connectivity index (χ3n) is 12.6. The number of carbonyl (C=O) groups excluding carboxylic acids is 3. The molecule has 0 bridgehead atoms. The Morgan fingerprint density at radius 2 is 1.70 bits per heavy atom. The number of thiazole rings is 1. The largest absolute Gasteiger partial charge is 0.370 e. The Balaban J connectivity index is 0.906. The number of nitrogens with zero attached hydrogens (tertiary/aromatic N) is 6. The first-order valence-electron chi connectivity index (χ1n) is 22.3. The van der Waals surface area contributed by atoms with Crippen molar-refractivity contribution >= 4 is 56.4 Å². The van der Waals surface area contributed by atoms with Crippen molar-refractivity contribution in [3.8, 4) is 21.8 Å². The number of rotatable bonds is 15. The van der Waals surface area contributed by atoms with Crippen LogP contribution >= 0.6 is 11.3 Å². The molecule has 3 amide bonds. The van der Waals surface area contributed by atoms with Gasteiger partial charge in [-0.05, 0) is 99.2 Å². The van der Waals surface area contributed by atoms with Crippen molar-refractivity contribution in [2.75, 3.05) is 60.0 Å². The van der Waals surface area contributed by atoms with E-state index in [2.05, 4.69) is 75.1 Å². The zero-order valence-corrected chi connectivity index (χ0v) is 39.3. The molecule has 0 spiro atoms. The fourth-order valence-electron chi connectivity index (χ4n) is 8.71. The van der Waals surface area contributed by atoms with Gasteiger partial charge in [0.1, 0.15) is 11.7 Å². The number of likely N-dealkylation sites (tertiary alicyclic amines) is 1. The number of sulfonamides is 1. The molecule has 3 aliphatic rings. The molecule has 15 nitrogen and oxygen atoms in total. The fraction of sp³-hybridized carbons (Fsp3) is 0.543. The fourth-order valence-corrected chi connectivity index (χ4v) is 10.9. The number of pyridine rings is 1. The lowest BCUT2D eigenvalue weighted by molar-refractivity contribution is -0.134. The Bertz CT molecular complexity index is 2420. The molecule has 3 aliphatic heterocycles. The van der Waals surface area contributed by atoms with E-state index in [0.29, 0.717) is 47.0 Å². The highest BCUT2D eigenvalue weighted by atomic mass is 32.2. The first-order valence-corrected chi connectivity index (χ1v) is 24.8. The maximum Gasteiger partial charge on any atom is 0.270 e. The summed E-state index contributed by atoms with van der Waals surface area (Å²) in [5, 5.41) is 9.26. The molecule has 0 radical (unpaired) electrons. The molecular weight excluding hydrogens is 856 g/mol. The van der Waals surface area contributed by atoms with Crippen molar-refractivity contribution in [1.29, 1.82) is 0 Å². The van der Waals surface area contributed by atoms with Gasteiger partial charge < -0.3 is 20.4 Å². The van der Waals surface area contributed by atoms with Gasteiger partial charge in [0.05, 0.1) is 44.6 Å². The van der Waals surface area contributed by atoms with Crippen molar-refractivity contribution in [2.45, 2.75) is 97.9 Å². The van der Waals surface area contributed by atoms with E-state index in [1.165, 1.54) is 17.4 Å². The van der Waals surface area contributed by atoms with Crippen LogP contribution in [0.25, 0.3) is 21.8 Å². The first kappa shape index (κ1) is 46.9. The summed E-state index contributed by atoms with van der Waals surface area (Å²) in [7, 11) is -3.71. The molecular formula is C46H61FN10O5S2. The zero-order valence-electron chi connectivity index (χ0n) is 37.7. The van der Waals surface area contributed by atoms with Gasteiger partial charge in [-0.15, -0.1) is 11.3 Å². The predicted octanol–water partition coefficient (Wildman–Crippen LogP) is 6.85. The summed E-state index contributed by atoms with van der Waals surface area (Å²) >= 11 is 1.45. The quantitative estimate of drug-likeness (QED) is 0.0909.